The van der Waals surface area contributed by atoms with Gasteiger partial charge in [0, 0.05) is 25.3 Å². The first-order chi connectivity index (χ1) is 18.6. The van der Waals surface area contributed by atoms with Crippen molar-refractivity contribution in [2.75, 3.05) is 0 Å². The van der Waals surface area contributed by atoms with Gasteiger partial charge >= 0.3 is 18.7 Å². The highest BCUT2D eigenvalue weighted by Crippen LogP contribution is 2.39. The van der Waals surface area contributed by atoms with E-state index in [4.69, 9.17) is 11.6 Å². The van der Waals surface area contributed by atoms with E-state index in [9.17, 15) is 44.3 Å². The number of carbonyl (C=O) groups is 1. The van der Waals surface area contributed by atoms with Crippen molar-refractivity contribution in [3.05, 3.63) is 100 Å². The maximum Gasteiger partial charge on any atom is 0.461 e. The van der Waals surface area contributed by atoms with Crippen molar-refractivity contribution in [2.24, 2.45) is 0 Å². The molecule has 0 spiro atoms. The highest BCUT2D eigenvalue weighted by molar-refractivity contribution is 6.30. The third-order valence-electron chi connectivity index (χ3n) is 5.81. The summed E-state index contributed by atoms with van der Waals surface area (Å²) in [5.74, 6) is -4.09. The lowest BCUT2D eigenvalue weighted by atomic mass is 9.77. The van der Waals surface area contributed by atoms with Gasteiger partial charge in [0.15, 0.2) is 0 Å². The summed E-state index contributed by atoms with van der Waals surface area (Å²) in [4.78, 5) is 13.0. The van der Waals surface area contributed by atoms with Crippen LogP contribution in [0.3, 0.4) is 0 Å². The molecule has 0 heterocycles. The zero-order valence-corrected chi connectivity index (χ0v) is 21.1. The fourth-order valence-corrected chi connectivity index (χ4v) is 4.22. The Bertz CT molecular complexity index is 1320. The second kappa shape index (κ2) is 12.4. The molecule has 40 heavy (non-hydrogen) atoms. The molecular weight excluding hydrogens is 577 g/mol. The molecule has 0 aromatic heterocycles. The summed E-state index contributed by atoms with van der Waals surface area (Å²) in [6, 6.07) is 13.1. The number of carbonyl (C=O) groups excluding carboxylic acids is 1. The van der Waals surface area contributed by atoms with Gasteiger partial charge in [0.1, 0.15) is 17.4 Å². The van der Waals surface area contributed by atoms with Crippen molar-refractivity contribution in [1.29, 1.82) is 0 Å². The van der Waals surface area contributed by atoms with E-state index in [1.807, 2.05) is 0 Å². The Labute approximate surface area is 227 Å². The van der Waals surface area contributed by atoms with Crippen LogP contribution in [0.25, 0.3) is 0 Å². The Morgan fingerprint density at radius 3 is 2.17 bits per heavy atom. The second-order valence-electron chi connectivity index (χ2n) is 8.85. The average Bonchev–Trinajstić information content (AvgIpc) is 2.84. The Morgan fingerprint density at radius 2 is 1.57 bits per heavy atom. The second-order valence-corrected chi connectivity index (χ2v) is 9.26. The van der Waals surface area contributed by atoms with Gasteiger partial charge in [0.25, 0.3) is 0 Å². The quantitative estimate of drug-likeness (QED) is 0.226. The minimum Gasteiger partial charge on any atom is -0.428 e. The highest BCUT2D eigenvalue weighted by Gasteiger charge is 2.45. The Kier molecular flexibility index (Phi) is 9.65. The summed E-state index contributed by atoms with van der Waals surface area (Å²) in [5, 5.41) is 2.09. The summed E-state index contributed by atoms with van der Waals surface area (Å²) < 4.78 is 124. The predicted octanol–water partition coefficient (Wildman–Crippen LogP) is 8.19. The number of hydrogen-bond donors (Lipinski definition) is 1. The van der Waals surface area contributed by atoms with E-state index in [0.29, 0.717) is 11.6 Å². The van der Waals surface area contributed by atoms with Crippen molar-refractivity contribution in [1.82, 2.24) is 5.32 Å². The van der Waals surface area contributed by atoms with E-state index in [1.54, 1.807) is 30.3 Å². The molecule has 1 N–H and O–H groups in total. The van der Waals surface area contributed by atoms with Gasteiger partial charge in [0.05, 0.1) is 10.6 Å². The zero-order valence-electron chi connectivity index (χ0n) is 20.4. The van der Waals surface area contributed by atoms with Crippen molar-refractivity contribution in [2.45, 2.75) is 49.9 Å². The summed E-state index contributed by atoms with van der Waals surface area (Å²) in [6.45, 7) is 0. The number of alkyl halides is 7. The molecule has 0 bridgehead atoms. The molecule has 3 aromatic rings. The van der Waals surface area contributed by atoms with Crippen LogP contribution in [0.1, 0.15) is 36.0 Å². The molecule has 0 aliphatic heterocycles. The number of ether oxygens (including phenoxy) is 1. The lowest BCUT2D eigenvalue weighted by molar-refractivity contribution is -0.253. The van der Waals surface area contributed by atoms with Crippen molar-refractivity contribution in [3.63, 3.8) is 0 Å². The molecule has 0 aliphatic carbocycles. The Morgan fingerprint density at radius 1 is 0.900 bits per heavy atom. The summed E-state index contributed by atoms with van der Waals surface area (Å²) in [7, 11) is 0. The van der Waals surface area contributed by atoms with Gasteiger partial charge in [-0.3, -0.25) is 4.79 Å². The Hall–Kier alpha value is -3.41. The van der Waals surface area contributed by atoms with E-state index in [1.165, 1.54) is 0 Å². The van der Waals surface area contributed by atoms with Crippen LogP contribution in [0.15, 0.2) is 66.7 Å². The largest absolute Gasteiger partial charge is 0.461 e. The molecule has 3 rings (SSSR count). The molecule has 3 aromatic carbocycles. The first kappa shape index (κ1) is 31.1. The molecule has 1 amide bonds. The fourth-order valence-electron chi connectivity index (χ4n) is 4.04. The maximum absolute atomic E-state index is 14.8. The number of rotatable bonds is 11. The third-order valence-corrected chi connectivity index (χ3v) is 6.10. The Balaban J connectivity index is 2.21. The van der Waals surface area contributed by atoms with Crippen LogP contribution in [0, 0.1) is 11.6 Å². The van der Waals surface area contributed by atoms with Gasteiger partial charge in [-0.2, -0.15) is 30.7 Å². The number of hydrogen-bond acceptors (Lipinski definition) is 2. The third kappa shape index (κ3) is 8.06. The normalized spacial score (nSPS) is 13.7. The van der Waals surface area contributed by atoms with Gasteiger partial charge in [-0.1, -0.05) is 48.0 Å². The van der Waals surface area contributed by atoms with Crippen molar-refractivity contribution >= 4 is 17.5 Å². The molecule has 13 heteroatoms. The molecule has 0 radical (unpaired) electrons. The van der Waals surface area contributed by atoms with Crippen LogP contribution in [-0.4, -0.2) is 24.6 Å². The van der Waals surface area contributed by atoms with Gasteiger partial charge in [-0.15, -0.1) is 0 Å². The maximum atomic E-state index is 14.8. The van der Waals surface area contributed by atoms with Gasteiger partial charge in [-0.25, -0.2) is 8.78 Å². The molecular formula is C27H21ClF9NO2. The summed E-state index contributed by atoms with van der Waals surface area (Å²) >= 11 is 5.97. The monoisotopic (exact) mass is 597 g/mol. The summed E-state index contributed by atoms with van der Waals surface area (Å²) in [6.07, 6.45) is -16.6. The van der Waals surface area contributed by atoms with Crippen molar-refractivity contribution in [3.8, 4) is 5.75 Å². The molecule has 3 nitrogen and oxygen atoms in total. The number of nitrogens with one attached hydrogen (secondary N) is 1. The minimum atomic E-state index is -5.01. The standard InChI is InChI=1S/C27H21ClF9NO2/c28-21-13-17(8-9-22(21)30)25(15-16-5-2-1-3-6-16,38-23(39)7-4-10-26(33,34)35)18-11-19(29)14-20(12-18)40-27(36,37)24(31)32/h1-3,5-6,8-9,11-14,24H,4,7,10,15H2,(H,38,39)/t25-/m1/s1. The summed E-state index contributed by atoms with van der Waals surface area (Å²) in [5.41, 5.74) is -1.83. The number of halogens is 10. The van der Waals surface area contributed by atoms with Crippen LogP contribution in [0.2, 0.25) is 5.02 Å². The van der Waals surface area contributed by atoms with E-state index in [2.05, 4.69) is 10.1 Å². The molecule has 0 fully saturated rings. The fraction of sp³-hybridized carbons (Fsp3) is 0.296. The topological polar surface area (TPSA) is 38.3 Å². The van der Waals surface area contributed by atoms with Crippen LogP contribution < -0.4 is 10.1 Å². The van der Waals surface area contributed by atoms with Gasteiger partial charge < -0.3 is 10.1 Å². The first-order valence-corrected chi connectivity index (χ1v) is 12.0. The lowest BCUT2D eigenvalue weighted by Crippen LogP contribution is -2.48. The zero-order chi connectivity index (χ0) is 29.7. The SMILES string of the molecule is O=C(CCCC(F)(F)F)N[C@@](Cc1ccccc1)(c1cc(F)cc(OC(F)(F)C(F)F)c1)c1ccc(F)c(Cl)c1. The van der Waals surface area contributed by atoms with E-state index in [0.717, 1.165) is 30.3 Å². The first-order valence-electron chi connectivity index (χ1n) is 11.6. The molecule has 1 atom stereocenters. The van der Waals surface area contributed by atoms with Crippen LogP contribution in [-0.2, 0) is 16.8 Å². The smallest absolute Gasteiger partial charge is 0.428 e. The number of benzene rings is 3. The van der Waals surface area contributed by atoms with Crippen LogP contribution in [0.5, 0.6) is 5.75 Å². The molecule has 0 saturated carbocycles. The van der Waals surface area contributed by atoms with Crippen molar-refractivity contribution < 1.29 is 49.0 Å². The van der Waals surface area contributed by atoms with Crippen LogP contribution in [0.4, 0.5) is 39.5 Å². The molecule has 0 unspecified atom stereocenters. The highest BCUT2D eigenvalue weighted by atomic mass is 35.5. The van der Waals surface area contributed by atoms with Gasteiger partial charge in [0.2, 0.25) is 5.91 Å². The minimum absolute atomic E-state index is 0.0101. The molecule has 216 valence electrons. The van der Waals surface area contributed by atoms with E-state index in [-0.39, 0.29) is 17.5 Å². The number of amides is 1. The molecule has 0 saturated heterocycles. The predicted molar refractivity (Wildman–Crippen MR) is 128 cm³/mol. The van der Waals surface area contributed by atoms with E-state index < -0.39 is 71.8 Å². The molecule has 0 aliphatic rings. The van der Waals surface area contributed by atoms with Gasteiger partial charge in [-0.05, 0) is 47.4 Å². The average molecular weight is 598 g/mol. The van der Waals surface area contributed by atoms with Crippen LogP contribution >= 0.6 is 11.6 Å². The lowest BCUT2D eigenvalue weighted by Gasteiger charge is -2.37. The van der Waals surface area contributed by atoms with E-state index >= 15 is 0 Å².